The number of nitrogens with zero attached hydrogens (tertiary/aromatic N) is 2. The molecule has 1 heterocycles. The molecule has 0 saturated carbocycles. The van der Waals surface area contributed by atoms with Crippen molar-refractivity contribution in [2.45, 2.75) is 72.0 Å². The van der Waals surface area contributed by atoms with Gasteiger partial charge in [0, 0.05) is 45.4 Å². The molecule has 0 radical (unpaired) electrons. The van der Waals surface area contributed by atoms with Crippen LogP contribution < -0.4 is 15.4 Å². The minimum absolute atomic E-state index is 0.354. The third-order valence-corrected chi connectivity index (χ3v) is 5.82. The lowest BCUT2D eigenvalue weighted by molar-refractivity contribution is 0.0392. The summed E-state index contributed by atoms with van der Waals surface area (Å²) < 4.78 is 11.5. The van der Waals surface area contributed by atoms with E-state index in [1.165, 1.54) is 12.0 Å². The number of guanidine groups is 1. The van der Waals surface area contributed by atoms with Crippen LogP contribution in [0.1, 0.15) is 58.9 Å². The zero-order valence-electron chi connectivity index (χ0n) is 20.5. The summed E-state index contributed by atoms with van der Waals surface area (Å²) in [5.41, 5.74) is 1.54. The van der Waals surface area contributed by atoms with Gasteiger partial charge in [-0.3, -0.25) is 9.89 Å². The molecule has 1 aromatic rings. The molecule has 2 rings (SSSR count). The lowest BCUT2D eigenvalue weighted by atomic mass is 9.89. The number of hydrogen-bond acceptors (Lipinski definition) is 4. The molecule has 0 aliphatic carbocycles. The predicted octanol–water partition coefficient (Wildman–Crippen LogP) is 4.06. The third kappa shape index (κ3) is 10.4. The van der Waals surface area contributed by atoms with Crippen LogP contribution >= 0.6 is 0 Å². The highest BCUT2D eigenvalue weighted by atomic mass is 16.5. The summed E-state index contributed by atoms with van der Waals surface area (Å²) in [5, 5.41) is 6.92. The largest absolute Gasteiger partial charge is 0.492 e. The summed E-state index contributed by atoms with van der Waals surface area (Å²) in [5.74, 6) is 1.76. The molecule has 0 bridgehead atoms. The van der Waals surface area contributed by atoms with E-state index in [4.69, 9.17) is 9.47 Å². The molecule has 176 valence electrons. The van der Waals surface area contributed by atoms with Crippen molar-refractivity contribution in [1.82, 2.24) is 15.5 Å². The maximum Gasteiger partial charge on any atom is 0.191 e. The topological polar surface area (TPSA) is 58.1 Å². The highest BCUT2D eigenvalue weighted by Gasteiger charge is 2.18. The first-order chi connectivity index (χ1) is 14.8. The summed E-state index contributed by atoms with van der Waals surface area (Å²) in [7, 11) is 4.00. The minimum Gasteiger partial charge on any atom is -0.492 e. The van der Waals surface area contributed by atoms with E-state index >= 15 is 0 Å². The van der Waals surface area contributed by atoms with E-state index in [0.717, 1.165) is 50.7 Å². The maximum atomic E-state index is 6.02. The van der Waals surface area contributed by atoms with E-state index in [0.29, 0.717) is 30.7 Å². The van der Waals surface area contributed by atoms with E-state index in [9.17, 15) is 0 Å². The summed E-state index contributed by atoms with van der Waals surface area (Å²) in [4.78, 5) is 6.77. The van der Waals surface area contributed by atoms with Gasteiger partial charge in [-0.2, -0.15) is 0 Å². The number of rotatable bonds is 10. The van der Waals surface area contributed by atoms with Crippen molar-refractivity contribution in [2.24, 2.45) is 10.4 Å². The van der Waals surface area contributed by atoms with E-state index in [2.05, 4.69) is 73.5 Å². The number of aliphatic imine (C=N–C) groups is 1. The van der Waals surface area contributed by atoms with Crippen LogP contribution in [0.4, 0.5) is 0 Å². The van der Waals surface area contributed by atoms with Gasteiger partial charge in [0.15, 0.2) is 5.96 Å². The van der Waals surface area contributed by atoms with Crippen LogP contribution in [0.15, 0.2) is 29.3 Å². The Hall–Kier alpha value is -1.79. The predicted molar refractivity (Wildman–Crippen MR) is 130 cm³/mol. The van der Waals surface area contributed by atoms with Gasteiger partial charge in [-0.1, -0.05) is 32.9 Å². The van der Waals surface area contributed by atoms with Crippen molar-refractivity contribution in [2.75, 3.05) is 40.5 Å². The fourth-order valence-electron chi connectivity index (χ4n) is 3.70. The minimum atomic E-state index is 0.354. The molecule has 1 saturated heterocycles. The monoisotopic (exact) mass is 432 g/mol. The van der Waals surface area contributed by atoms with Crippen LogP contribution in [0.2, 0.25) is 0 Å². The third-order valence-electron chi connectivity index (χ3n) is 5.82. The van der Waals surface area contributed by atoms with Gasteiger partial charge in [0.2, 0.25) is 0 Å². The Morgan fingerprint density at radius 2 is 2.03 bits per heavy atom. The Kier molecular flexibility index (Phi) is 10.6. The van der Waals surface area contributed by atoms with Crippen LogP contribution in [0.25, 0.3) is 0 Å². The average molecular weight is 433 g/mol. The zero-order valence-corrected chi connectivity index (χ0v) is 20.5. The zero-order chi connectivity index (χ0) is 22.7. The highest BCUT2D eigenvalue weighted by Crippen LogP contribution is 2.21. The summed E-state index contributed by atoms with van der Waals surface area (Å²) in [6, 6.07) is 9.30. The molecule has 1 fully saturated rings. The molecule has 6 nitrogen and oxygen atoms in total. The molecule has 1 atom stereocenters. The first-order valence-corrected chi connectivity index (χ1v) is 11.7. The smallest absolute Gasteiger partial charge is 0.191 e. The summed E-state index contributed by atoms with van der Waals surface area (Å²) in [6.07, 6.45) is 4.53. The molecule has 6 heteroatoms. The molecule has 2 N–H and O–H groups in total. The van der Waals surface area contributed by atoms with Gasteiger partial charge in [-0.15, -0.1) is 0 Å². The normalized spacial score (nSPS) is 16.9. The van der Waals surface area contributed by atoms with Gasteiger partial charge >= 0.3 is 0 Å². The fourth-order valence-corrected chi connectivity index (χ4v) is 3.70. The van der Waals surface area contributed by atoms with E-state index < -0.39 is 0 Å². The Bertz CT molecular complexity index is 666. The van der Waals surface area contributed by atoms with Crippen molar-refractivity contribution in [3.05, 3.63) is 29.8 Å². The number of likely N-dealkylation sites (N-methyl/N-ethyl adjacent to an activating group) is 1. The van der Waals surface area contributed by atoms with Crippen molar-refractivity contribution in [3.8, 4) is 5.75 Å². The van der Waals surface area contributed by atoms with Crippen LogP contribution in [0.3, 0.4) is 0 Å². The first-order valence-electron chi connectivity index (χ1n) is 11.7. The number of ether oxygens (including phenoxy) is 2. The van der Waals surface area contributed by atoms with Gasteiger partial charge < -0.3 is 20.1 Å². The lowest BCUT2D eigenvalue weighted by Crippen LogP contribution is -2.42. The van der Waals surface area contributed by atoms with Gasteiger partial charge in [-0.05, 0) is 62.8 Å². The van der Waals surface area contributed by atoms with Gasteiger partial charge in [0.1, 0.15) is 12.4 Å². The molecule has 0 aromatic heterocycles. The second-order valence-electron chi connectivity index (χ2n) is 9.89. The quantitative estimate of drug-likeness (QED) is 0.431. The number of nitrogens with one attached hydrogen (secondary N) is 2. The summed E-state index contributed by atoms with van der Waals surface area (Å²) in [6.45, 7) is 13.1. The van der Waals surface area contributed by atoms with Crippen LogP contribution in [0.5, 0.6) is 5.75 Å². The fraction of sp³-hybridized carbons (Fsp3) is 0.720. The van der Waals surface area contributed by atoms with Gasteiger partial charge in [0.05, 0.1) is 0 Å². The van der Waals surface area contributed by atoms with Crippen molar-refractivity contribution in [1.29, 1.82) is 0 Å². The Balaban J connectivity index is 1.74. The SMILES string of the molecule is CN=C(NCc1cccc(OCCN(C)C2CCOCC2)c1)NC(C)CCC(C)(C)C. The second kappa shape index (κ2) is 12.9. The van der Waals surface area contributed by atoms with E-state index in [1.807, 2.05) is 13.1 Å². The number of benzene rings is 1. The molecule has 0 amide bonds. The molecule has 0 spiro atoms. The Morgan fingerprint density at radius 1 is 1.29 bits per heavy atom. The Morgan fingerprint density at radius 3 is 2.71 bits per heavy atom. The van der Waals surface area contributed by atoms with E-state index in [-0.39, 0.29) is 0 Å². The maximum absolute atomic E-state index is 6.02. The first kappa shape index (κ1) is 25.5. The molecule has 1 aliphatic rings. The van der Waals surface area contributed by atoms with Crippen LogP contribution in [0, 0.1) is 5.41 Å². The molecule has 1 aliphatic heterocycles. The number of hydrogen-bond donors (Lipinski definition) is 2. The Labute approximate surface area is 189 Å². The molecule has 31 heavy (non-hydrogen) atoms. The van der Waals surface area contributed by atoms with Crippen molar-refractivity contribution in [3.63, 3.8) is 0 Å². The molecular formula is C25H44N4O2. The standard InChI is InChI=1S/C25H44N4O2/c1-20(10-13-25(2,3)4)28-24(26-5)27-19-21-8-7-9-23(18-21)31-17-14-29(6)22-11-15-30-16-12-22/h7-9,18,20,22H,10-17,19H2,1-6H3,(H2,26,27,28). The molecule has 1 unspecified atom stereocenters. The summed E-state index contributed by atoms with van der Waals surface area (Å²) >= 11 is 0. The van der Waals surface area contributed by atoms with Gasteiger partial charge in [0.25, 0.3) is 0 Å². The van der Waals surface area contributed by atoms with Crippen LogP contribution in [-0.4, -0.2) is 63.4 Å². The average Bonchev–Trinajstić information content (AvgIpc) is 2.75. The van der Waals surface area contributed by atoms with Crippen molar-refractivity contribution < 1.29 is 9.47 Å². The van der Waals surface area contributed by atoms with Crippen LogP contribution in [-0.2, 0) is 11.3 Å². The molecule has 1 aromatic carbocycles. The highest BCUT2D eigenvalue weighted by molar-refractivity contribution is 5.79. The van der Waals surface area contributed by atoms with Gasteiger partial charge in [-0.25, -0.2) is 0 Å². The lowest BCUT2D eigenvalue weighted by Gasteiger charge is -2.31. The molecular weight excluding hydrogens is 388 g/mol. The second-order valence-corrected chi connectivity index (χ2v) is 9.89. The van der Waals surface area contributed by atoms with E-state index in [1.54, 1.807) is 0 Å². The van der Waals surface area contributed by atoms with Crippen molar-refractivity contribution >= 4 is 5.96 Å².